The van der Waals surface area contributed by atoms with Crippen molar-refractivity contribution in [2.45, 2.75) is 11.8 Å². The summed E-state index contributed by atoms with van der Waals surface area (Å²) in [7, 11) is 4.03. The number of phenols is 1. The third-order valence-electron chi connectivity index (χ3n) is 2.81. The number of carbonyl (C=O) groups excluding carboxylic acids is 1. The van der Waals surface area contributed by atoms with Gasteiger partial charge in [0.2, 0.25) is 0 Å². The minimum absolute atomic E-state index is 0.0365. The van der Waals surface area contributed by atoms with Crippen LogP contribution in [0.1, 0.15) is 6.92 Å². The fraction of sp³-hybridized carbons (Fsp3) is 0.357. The first-order valence-corrected chi connectivity index (χ1v) is 6.94. The number of thioether (sulfide) groups is 1. The fourth-order valence-corrected chi connectivity index (χ4v) is 3.06. The predicted molar refractivity (Wildman–Crippen MR) is 78.6 cm³/mol. The molecule has 0 amide bonds. The molecule has 0 bridgehead atoms. The first-order valence-electron chi connectivity index (χ1n) is 6.13. The molecule has 0 saturated carbocycles. The Morgan fingerprint density at radius 3 is 2.84 bits per heavy atom. The summed E-state index contributed by atoms with van der Waals surface area (Å²) < 4.78 is 0. The molecule has 0 atom stereocenters. The molecule has 0 aliphatic carbocycles. The Morgan fingerprint density at radius 2 is 2.21 bits per heavy atom. The van der Waals surface area contributed by atoms with Gasteiger partial charge in [0.25, 0.3) is 0 Å². The summed E-state index contributed by atoms with van der Waals surface area (Å²) in [6, 6.07) is 5.31. The number of fused-ring (bicyclic) bond motifs is 1. The van der Waals surface area contributed by atoms with Crippen LogP contribution in [0.4, 0.5) is 5.69 Å². The maximum Gasteiger partial charge on any atom is 0.155 e. The van der Waals surface area contributed by atoms with Crippen molar-refractivity contribution in [3.05, 3.63) is 29.3 Å². The second-order valence-corrected chi connectivity index (χ2v) is 5.86. The van der Waals surface area contributed by atoms with Crippen LogP contribution >= 0.6 is 11.8 Å². The number of phenolic OH excluding ortho intramolecular Hbond substituents is 1. The molecule has 1 aliphatic rings. The molecule has 1 heterocycles. The number of hydrogen-bond donors (Lipinski definition) is 1. The van der Waals surface area contributed by atoms with E-state index in [2.05, 4.69) is 9.80 Å². The Morgan fingerprint density at radius 1 is 1.47 bits per heavy atom. The maximum absolute atomic E-state index is 11.3. The number of nitrogens with zero attached hydrogens (tertiary/aromatic N) is 2. The van der Waals surface area contributed by atoms with E-state index in [1.54, 1.807) is 36.9 Å². The predicted octanol–water partition coefficient (Wildman–Crippen LogP) is 2.30. The summed E-state index contributed by atoms with van der Waals surface area (Å²) in [6.45, 7) is 3.22. The minimum Gasteiger partial charge on any atom is -0.508 e. The lowest BCUT2D eigenvalue weighted by molar-refractivity contribution is -0.112. The lowest BCUT2D eigenvalue weighted by Gasteiger charge is -2.22. The van der Waals surface area contributed by atoms with Gasteiger partial charge >= 0.3 is 0 Å². The van der Waals surface area contributed by atoms with Crippen molar-refractivity contribution in [3.8, 4) is 5.75 Å². The van der Waals surface area contributed by atoms with Crippen LogP contribution in [0.5, 0.6) is 5.75 Å². The molecule has 19 heavy (non-hydrogen) atoms. The third kappa shape index (κ3) is 3.30. The highest BCUT2D eigenvalue weighted by Crippen LogP contribution is 2.46. The Balaban J connectivity index is 2.32. The van der Waals surface area contributed by atoms with E-state index in [9.17, 15) is 9.90 Å². The molecule has 4 nitrogen and oxygen atoms in total. The molecule has 102 valence electrons. The molecule has 1 aliphatic heterocycles. The van der Waals surface area contributed by atoms with E-state index in [0.717, 1.165) is 28.7 Å². The van der Waals surface area contributed by atoms with Gasteiger partial charge < -0.3 is 14.9 Å². The van der Waals surface area contributed by atoms with Crippen LogP contribution in [0.15, 0.2) is 34.2 Å². The van der Waals surface area contributed by atoms with Crippen LogP contribution in [0, 0.1) is 0 Å². The quantitative estimate of drug-likeness (QED) is 0.856. The number of allylic oxidation sites excluding steroid dienone is 1. The van der Waals surface area contributed by atoms with E-state index >= 15 is 0 Å². The van der Waals surface area contributed by atoms with Crippen molar-refractivity contribution in [1.82, 2.24) is 4.90 Å². The van der Waals surface area contributed by atoms with E-state index in [-0.39, 0.29) is 11.5 Å². The average Bonchev–Trinajstić information content (AvgIpc) is 2.62. The van der Waals surface area contributed by atoms with Gasteiger partial charge in [-0.2, -0.15) is 0 Å². The van der Waals surface area contributed by atoms with Crippen molar-refractivity contribution >= 4 is 23.2 Å². The second-order valence-electron chi connectivity index (χ2n) is 4.80. The van der Waals surface area contributed by atoms with E-state index in [4.69, 9.17) is 0 Å². The van der Waals surface area contributed by atoms with Crippen molar-refractivity contribution in [2.24, 2.45) is 0 Å². The van der Waals surface area contributed by atoms with Gasteiger partial charge in [0, 0.05) is 30.1 Å². The van der Waals surface area contributed by atoms with Crippen LogP contribution < -0.4 is 4.90 Å². The Kier molecular flexibility index (Phi) is 4.17. The molecular formula is C14H18N2O2S. The third-order valence-corrected chi connectivity index (χ3v) is 3.92. The minimum atomic E-state index is 0.0365. The molecule has 1 aromatic rings. The van der Waals surface area contributed by atoms with Gasteiger partial charge in [-0.25, -0.2) is 0 Å². The van der Waals surface area contributed by atoms with Crippen molar-refractivity contribution < 1.29 is 9.90 Å². The largest absolute Gasteiger partial charge is 0.508 e. The van der Waals surface area contributed by atoms with Crippen molar-refractivity contribution in [3.63, 3.8) is 0 Å². The highest BCUT2D eigenvalue weighted by molar-refractivity contribution is 8.03. The number of benzene rings is 1. The lowest BCUT2D eigenvalue weighted by atomic mass is 10.2. The first-order chi connectivity index (χ1) is 8.97. The summed E-state index contributed by atoms with van der Waals surface area (Å²) in [5.41, 5.74) is 0.972. The zero-order valence-corrected chi connectivity index (χ0v) is 12.2. The van der Waals surface area contributed by atoms with E-state index in [1.165, 1.54) is 0 Å². The molecule has 0 saturated heterocycles. The normalized spacial score (nSPS) is 16.2. The number of aromatic hydroxyl groups is 1. The molecule has 1 aromatic carbocycles. The topological polar surface area (TPSA) is 43.8 Å². The summed E-state index contributed by atoms with van der Waals surface area (Å²) in [5.74, 6) is 0.285. The van der Waals surface area contributed by atoms with Gasteiger partial charge in [-0.3, -0.25) is 4.79 Å². The van der Waals surface area contributed by atoms with E-state index in [1.807, 2.05) is 20.2 Å². The van der Waals surface area contributed by atoms with Crippen LogP contribution in [-0.4, -0.2) is 43.0 Å². The summed E-state index contributed by atoms with van der Waals surface area (Å²) in [6.07, 6.45) is 1.65. The number of rotatable bonds is 4. The van der Waals surface area contributed by atoms with Crippen LogP contribution in [-0.2, 0) is 4.79 Å². The maximum atomic E-state index is 11.3. The van der Waals surface area contributed by atoms with E-state index < -0.39 is 0 Å². The van der Waals surface area contributed by atoms with Crippen LogP contribution in [0.3, 0.4) is 0 Å². The highest BCUT2D eigenvalue weighted by Gasteiger charge is 2.25. The number of carbonyl (C=O) groups is 1. The summed E-state index contributed by atoms with van der Waals surface area (Å²) in [4.78, 5) is 16.6. The highest BCUT2D eigenvalue weighted by atomic mass is 32.2. The molecule has 2 rings (SSSR count). The standard InChI is InChI=1S/C14H18N2O2S/c1-10(17)8-14-16(7-6-15(2)3)12-9-11(18)4-5-13(12)19-14/h4-5,8-9,18H,6-7H2,1-3H3/b14-8-. The molecule has 0 radical (unpaired) electrons. The van der Waals surface area contributed by atoms with E-state index in [0.29, 0.717) is 0 Å². The van der Waals surface area contributed by atoms with Gasteiger partial charge in [0.05, 0.1) is 10.7 Å². The molecule has 1 N–H and O–H groups in total. The molecular weight excluding hydrogens is 260 g/mol. The van der Waals surface area contributed by atoms with Crippen LogP contribution in [0.2, 0.25) is 0 Å². The van der Waals surface area contributed by atoms with Crippen molar-refractivity contribution in [2.75, 3.05) is 32.1 Å². The molecule has 0 unspecified atom stereocenters. The summed E-state index contributed by atoms with van der Waals surface area (Å²) in [5, 5.41) is 10.6. The molecule has 5 heteroatoms. The SMILES string of the molecule is CC(=O)/C=C1\Sc2ccc(O)cc2N1CCN(C)C. The van der Waals surface area contributed by atoms with Gasteiger partial charge in [0.1, 0.15) is 5.75 Å². The number of hydrogen-bond acceptors (Lipinski definition) is 5. The monoisotopic (exact) mass is 278 g/mol. The van der Waals surface area contributed by atoms with Gasteiger partial charge in [0.15, 0.2) is 5.78 Å². The van der Waals surface area contributed by atoms with Gasteiger partial charge in [-0.15, -0.1) is 0 Å². The Labute approximate surface area is 117 Å². The summed E-state index contributed by atoms with van der Waals surface area (Å²) >= 11 is 1.57. The number of ketones is 1. The Bertz CT molecular complexity index is 526. The van der Waals surface area contributed by atoms with Gasteiger partial charge in [-0.05, 0) is 33.2 Å². The first kappa shape index (κ1) is 14.0. The van der Waals surface area contributed by atoms with Crippen molar-refractivity contribution in [1.29, 1.82) is 0 Å². The Hall–Kier alpha value is -1.46. The number of anilines is 1. The number of likely N-dealkylation sites (N-methyl/N-ethyl adjacent to an activating group) is 1. The lowest BCUT2D eigenvalue weighted by Crippen LogP contribution is -2.28. The molecule has 0 aromatic heterocycles. The zero-order valence-electron chi connectivity index (χ0n) is 11.4. The van der Waals surface area contributed by atoms with Crippen LogP contribution in [0.25, 0.3) is 0 Å². The molecule has 0 fully saturated rings. The van der Waals surface area contributed by atoms with Gasteiger partial charge in [-0.1, -0.05) is 11.8 Å². The fourth-order valence-electron chi connectivity index (χ4n) is 1.90. The smallest absolute Gasteiger partial charge is 0.155 e. The average molecular weight is 278 g/mol. The zero-order chi connectivity index (χ0) is 14.0. The molecule has 0 spiro atoms. The second kappa shape index (κ2) is 5.67.